The zero-order chi connectivity index (χ0) is 13.8. The average molecular weight is 260 g/mol. The first kappa shape index (κ1) is 13.3. The lowest BCUT2D eigenvalue weighted by molar-refractivity contribution is 0.363. The van der Waals surface area contributed by atoms with Gasteiger partial charge in [0.15, 0.2) is 5.88 Å². The van der Waals surface area contributed by atoms with E-state index in [1.54, 1.807) is 22.8 Å². The van der Waals surface area contributed by atoms with Crippen molar-refractivity contribution >= 4 is 5.69 Å². The molecule has 0 bridgehead atoms. The molecule has 0 aliphatic heterocycles. The van der Waals surface area contributed by atoms with Crippen LogP contribution in [0.2, 0.25) is 0 Å². The van der Waals surface area contributed by atoms with Crippen LogP contribution in [0.1, 0.15) is 26.2 Å². The maximum absolute atomic E-state index is 10.2. The second-order valence-corrected chi connectivity index (χ2v) is 4.72. The first-order chi connectivity index (χ1) is 9.13. The smallest absolute Gasteiger partial charge is 0.202 e. The van der Waals surface area contributed by atoms with Crippen LogP contribution < -0.4 is 5.73 Å². The number of nitrogens with two attached hydrogens (primary N) is 1. The third-order valence-electron chi connectivity index (χ3n) is 3.25. The molecule has 1 aromatic carbocycles. The minimum absolute atomic E-state index is 0.0976. The molecular weight excluding hydrogens is 240 g/mol. The van der Waals surface area contributed by atoms with Crippen LogP contribution in [0.15, 0.2) is 30.3 Å². The number of hydrogen-bond donors (Lipinski definition) is 3. The van der Waals surface area contributed by atoms with E-state index in [1.165, 1.54) is 0 Å². The van der Waals surface area contributed by atoms with E-state index in [0.717, 1.165) is 24.8 Å². The highest BCUT2D eigenvalue weighted by Crippen LogP contribution is 2.36. The summed E-state index contributed by atoms with van der Waals surface area (Å²) in [6.45, 7) is 2.75. The Labute approximate surface area is 113 Å². The van der Waals surface area contributed by atoms with Gasteiger partial charge in [0, 0.05) is 23.9 Å². The van der Waals surface area contributed by atoms with Crippen molar-refractivity contribution in [2.45, 2.75) is 32.7 Å². The minimum Gasteiger partial charge on any atom is -0.494 e. The van der Waals surface area contributed by atoms with Crippen LogP contribution in [0.3, 0.4) is 0 Å². The van der Waals surface area contributed by atoms with E-state index in [9.17, 15) is 10.2 Å². The largest absolute Gasteiger partial charge is 0.494 e. The minimum atomic E-state index is 0.0976. The van der Waals surface area contributed by atoms with Crippen molar-refractivity contribution in [3.8, 4) is 22.9 Å². The number of aromatic nitrogens is 1. The van der Waals surface area contributed by atoms with Crippen LogP contribution >= 0.6 is 0 Å². The highest BCUT2D eigenvalue weighted by atomic mass is 16.3. The van der Waals surface area contributed by atoms with Gasteiger partial charge in [0.05, 0.1) is 0 Å². The van der Waals surface area contributed by atoms with Gasteiger partial charge in [-0.2, -0.15) is 0 Å². The third kappa shape index (κ3) is 2.84. The predicted octanol–water partition coefficient (Wildman–Crippen LogP) is 3.34. The fourth-order valence-corrected chi connectivity index (χ4v) is 2.14. The Balaban J connectivity index is 2.27. The SMILES string of the molecule is CCCCCn1c(O)cc(-c2ccc(N)cc2)c1O. The van der Waals surface area contributed by atoms with Gasteiger partial charge in [0.1, 0.15) is 0 Å². The van der Waals surface area contributed by atoms with Gasteiger partial charge in [-0.15, -0.1) is 0 Å². The summed E-state index contributed by atoms with van der Waals surface area (Å²) in [5.74, 6) is 0.207. The van der Waals surface area contributed by atoms with Crippen molar-refractivity contribution in [3.63, 3.8) is 0 Å². The average Bonchev–Trinajstić information content (AvgIpc) is 2.68. The molecule has 102 valence electrons. The predicted molar refractivity (Wildman–Crippen MR) is 77.1 cm³/mol. The maximum atomic E-state index is 10.2. The monoisotopic (exact) mass is 260 g/mol. The van der Waals surface area contributed by atoms with Crippen LogP contribution in [0.5, 0.6) is 11.8 Å². The summed E-state index contributed by atoms with van der Waals surface area (Å²) < 4.78 is 1.54. The summed E-state index contributed by atoms with van der Waals surface area (Å²) in [5, 5.41) is 20.1. The van der Waals surface area contributed by atoms with Gasteiger partial charge < -0.3 is 15.9 Å². The number of benzene rings is 1. The molecule has 4 heteroatoms. The number of aromatic hydroxyl groups is 2. The normalized spacial score (nSPS) is 10.8. The van der Waals surface area contributed by atoms with E-state index in [2.05, 4.69) is 6.92 Å². The Bertz CT molecular complexity index is 544. The number of unbranched alkanes of at least 4 members (excludes halogenated alkanes) is 2. The molecule has 2 rings (SSSR count). The number of nitrogen functional groups attached to an aromatic ring is 1. The number of hydrogen-bond acceptors (Lipinski definition) is 3. The van der Waals surface area contributed by atoms with Crippen molar-refractivity contribution in [1.82, 2.24) is 4.57 Å². The first-order valence-corrected chi connectivity index (χ1v) is 6.61. The summed E-state index contributed by atoms with van der Waals surface area (Å²) in [4.78, 5) is 0. The van der Waals surface area contributed by atoms with E-state index in [-0.39, 0.29) is 11.8 Å². The Morgan fingerprint density at radius 3 is 2.42 bits per heavy atom. The first-order valence-electron chi connectivity index (χ1n) is 6.61. The Morgan fingerprint density at radius 1 is 1.11 bits per heavy atom. The van der Waals surface area contributed by atoms with Crippen molar-refractivity contribution in [2.75, 3.05) is 5.73 Å². The van der Waals surface area contributed by atoms with Crippen LogP contribution in [-0.2, 0) is 6.54 Å². The van der Waals surface area contributed by atoms with Gasteiger partial charge in [-0.3, -0.25) is 4.57 Å². The molecule has 0 atom stereocenters. The molecule has 4 N–H and O–H groups in total. The highest BCUT2D eigenvalue weighted by Gasteiger charge is 2.14. The molecular formula is C15H20N2O2. The molecule has 0 radical (unpaired) electrons. The number of nitrogens with zero attached hydrogens (tertiary/aromatic N) is 1. The Kier molecular flexibility index (Phi) is 4.00. The van der Waals surface area contributed by atoms with Gasteiger partial charge >= 0.3 is 0 Å². The Hall–Kier alpha value is -2.10. The zero-order valence-electron chi connectivity index (χ0n) is 11.1. The molecule has 4 nitrogen and oxygen atoms in total. The lowest BCUT2D eigenvalue weighted by Gasteiger charge is -2.06. The molecule has 0 amide bonds. The van der Waals surface area contributed by atoms with Gasteiger partial charge in [-0.05, 0) is 24.1 Å². The van der Waals surface area contributed by atoms with Crippen LogP contribution in [-0.4, -0.2) is 14.8 Å². The van der Waals surface area contributed by atoms with Crippen LogP contribution in [0.25, 0.3) is 11.1 Å². The standard InChI is InChI=1S/C15H20N2O2/c1-2-3-4-9-17-14(18)10-13(15(17)19)11-5-7-12(16)8-6-11/h5-8,10,18-19H,2-4,9,16H2,1H3. The summed E-state index contributed by atoms with van der Waals surface area (Å²) >= 11 is 0. The summed E-state index contributed by atoms with van der Waals surface area (Å²) in [6, 6.07) is 8.81. The molecule has 0 saturated carbocycles. The molecule has 1 aromatic heterocycles. The fourth-order valence-electron chi connectivity index (χ4n) is 2.14. The molecule has 0 spiro atoms. The fraction of sp³-hybridized carbons (Fsp3) is 0.333. The number of rotatable bonds is 5. The lowest BCUT2D eigenvalue weighted by atomic mass is 10.1. The summed E-state index contributed by atoms with van der Waals surface area (Å²) in [6.07, 6.45) is 3.12. The van der Waals surface area contributed by atoms with Gasteiger partial charge in [-0.1, -0.05) is 31.9 Å². The summed E-state index contributed by atoms with van der Waals surface area (Å²) in [5.41, 5.74) is 7.79. The maximum Gasteiger partial charge on any atom is 0.202 e. The van der Waals surface area contributed by atoms with Crippen molar-refractivity contribution in [3.05, 3.63) is 30.3 Å². The van der Waals surface area contributed by atoms with Gasteiger partial charge in [0.2, 0.25) is 5.88 Å². The van der Waals surface area contributed by atoms with Gasteiger partial charge in [0.25, 0.3) is 0 Å². The highest BCUT2D eigenvalue weighted by molar-refractivity contribution is 5.72. The summed E-state index contributed by atoms with van der Waals surface area (Å²) in [7, 11) is 0. The van der Waals surface area contributed by atoms with Crippen molar-refractivity contribution in [1.29, 1.82) is 0 Å². The van der Waals surface area contributed by atoms with E-state index < -0.39 is 0 Å². The number of anilines is 1. The molecule has 0 aliphatic carbocycles. The third-order valence-corrected chi connectivity index (χ3v) is 3.25. The topological polar surface area (TPSA) is 71.4 Å². The van der Waals surface area contributed by atoms with E-state index in [4.69, 9.17) is 5.73 Å². The molecule has 2 aromatic rings. The molecule has 0 unspecified atom stereocenters. The lowest BCUT2D eigenvalue weighted by Crippen LogP contribution is -1.96. The van der Waals surface area contributed by atoms with Crippen LogP contribution in [0.4, 0.5) is 5.69 Å². The molecule has 0 aliphatic rings. The molecule has 1 heterocycles. The molecule has 19 heavy (non-hydrogen) atoms. The Morgan fingerprint density at radius 2 is 1.79 bits per heavy atom. The second-order valence-electron chi connectivity index (χ2n) is 4.72. The van der Waals surface area contributed by atoms with E-state index in [1.807, 2.05) is 12.1 Å². The van der Waals surface area contributed by atoms with Gasteiger partial charge in [-0.25, -0.2) is 0 Å². The van der Waals surface area contributed by atoms with Crippen molar-refractivity contribution < 1.29 is 10.2 Å². The zero-order valence-corrected chi connectivity index (χ0v) is 11.1. The van der Waals surface area contributed by atoms with E-state index in [0.29, 0.717) is 17.8 Å². The van der Waals surface area contributed by atoms with Crippen LogP contribution in [0, 0.1) is 0 Å². The second kappa shape index (κ2) is 5.69. The molecule has 0 saturated heterocycles. The molecule has 0 fully saturated rings. The quantitative estimate of drug-likeness (QED) is 0.570. The van der Waals surface area contributed by atoms with E-state index >= 15 is 0 Å². The van der Waals surface area contributed by atoms with Crippen molar-refractivity contribution in [2.24, 2.45) is 0 Å².